The number of aryl methyl sites for hydroxylation is 1. The highest BCUT2D eigenvalue weighted by Crippen LogP contribution is 2.31. The molecule has 3 rings (SSSR count). The molecule has 0 amide bonds. The number of hydrogen-bond donors (Lipinski definition) is 0. The van der Waals surface area contributed by atoms with E-state index >= 15 is 0 Å². The predicted molar refractivity (Wildman–Crippen MR) is 78.9 cm³/mol. The first-order valence-electron chi connectivity index (χ1n) is 5.34. The molecule has 0 radical (unpaired) electrons. The summed E-state index contributed by atoms with van der Waals surface area (Å²) < 4.78 is 4.17. The molecule has 0 N–H and O–H groups in total. The van der Waals surface area contributed by atoms with E-state index in [2.05, 4.69) is 33.2 Å². The molecular formula is C13H9BrClIN2S. The van der Waals surface area contributed by atoms with Crippen molar-refractivity contribution in [2.75, 3.05) is 0 Å². The number of hydrogen-bond acceptors (Lipinski definition) is 2. The smallest absolute Gasteiger partial charge is 0.182 e. The van der Waals surface area contributed by atoms with Crippen molar-refractivity contribution in [3.05, 3.63) is 46.2 Å². The van der Waals surface area contributed by atoms with E-state index in [1.54, 1.807) is 11.3 Å². The van der Waals surface area contributed by atoms with Gasteiger partial charge in [-0.1, -0.05) is 11.6 Å². The number of thiazole rings is 1. The molecule has 1 aromatic carbocycles. The second-order valence-electron chi connectivity index (χ2n) is 4.04. The number of halogens is 3. The predicted octanol–water partition coefficient (Wildman–Crippen LogP) is 1.21. The van der Waals surface area contributed by atoms with E-state index in [0.29, 0.717) is 0 Å². The second kappa shape index (κ2) is 6.03. The monoisotopic (exact) mass is 466 g/mol. The Kier molecular flexibility index (Phi) is 4.81. The van der Waals surface area contributed by atoms with E-state index in [1.807, 2.05) is 36.0 Å². The second-order valence-corrected chi connectivity index (χ2v) is 6.42. The van der Waals surface area contributed by atoms with Crippen molar-refractivity contribution in [2.24, 2.45) is 7.05 Å². The minimum Gasteiger partial charge on any atom is -1.00 e. The molecule has 0 saturated carbocycles. The van der Waals surface area contributed by atoms with Crippen molar-refractivity contribution in [2.45, 2.75) is 0 Å². The lowest BCUT2D eigenvalue weighted by Gasteiger charge is -1.95. The number of nitrogens with zero attached hydrogens (tertiary/aromatic N) is 2. The number of fused-ring (bicyclic) bond motifs is 1. The van der Waals surface area contributed by atoms with E-state index in [-0.39, 0.29) is 24.0 Å². The van der Waals surface area contributed by atoms with Crippen LogP contribution in [0.3, 0.4) is 0 Å². The lowest BCUT2D eigenvalue weighted by molar-refractivity contribution is -0.671. The largest absolute Gasteiger partial charge is 1.00 e. The van der Waals surface area contributed by atoms with Gasteiger partial charge in [0.2, 0.25) is 0 Å². The van der Waals surface area contributed by atoms with Crippen molar-refractivity contribution in [1.29, 1.82) is 0 Å². The summed E-state index contributed by atoms with van der Waals surface area (Å²) in [5.74, 6) is 0. The van der Waals surface area contributed by atoms with Gasteiger partial charge in [-0.05, 0) is 40.2 Å². The number of pyridine rings is 1. The van der Waals surface area contributed by atoms with Crippen molar-refractivity contribution in [3.63, 3.8) is 0 Å². The van der Waals surface area contributed by atoms with Crippen LogP contribution in [0.5, 0.6) is 0 Å². The molecule has 0 aliphatic carbocycles. The third-order valence-electron chi connectivity index (χ3n) is 2.56. The fourth-order valence-corrected chi connectivity index (χ4v) is 3.61. The molecule has 2 aromatic heterocycles. The summed E-state index contributed by atoms with van der Waals surface area (Å²) in [6.45, 7) is 0. The van der Waals surface area contributed by atoms with Crippen LogP contribution in [0.25, 0.3) is 20.8 Å². The maximum Gasteiger partial charge on any atom is 0.182 e. The number of aromatic nitrogens is 2. The van der Waals surface area contributed by atoms with Crippen LogP contribution in [-0.4, -0.2) is 4.98 Å². The molecule has 0 fully saturated rings. The summed E-state index contributed by atoms with van der Waals surface area (Å²) in [4.78, 5) is 4.63. The van der Waals surface area contributed by atoms with Gasteiger partial charge in [-0.3, -0.25) is 0 Å². The van der Waals surface area contributed by atoms with Crippen LogP contribution in [0.2, 0.25) is 5.02 Å². The Morgan fingerprint density at radius 3 is 2.79 bits per heavy atom. The van der Waals surface area contributed by atoms with Gasteiger partial charge >= 0.3 is 0 Å². The van der Waals surface area contributed by atoms with Crippen LogP contribution < -0.4 is 28.5 Å². The van der Waals surface area contributed by atoms with E-state index in [4.69, 9.17) is 11.6 Å². The van der Waals surface area contributed by atoms with Crippen molar-refractivity contribution in [1.82, 2.24) is 4.98 Å². The molecule has 2 nitrogen and oxygen atoms in total. The highest BCUT2D eigenvalue weighted by Gasteiger charge is 2.10. The van der Waals surface area contributed by atoms with Crippen LogP contribution >= 0.6 is 38.9 Å². The van der Waals surface area contributed by atoms with Crippen LogP contribution in [-0.2, 0) is 7.05 Å². The molecule has 0 atom stereocenters. The molecular weight excluding hydrogens is 458 g/mol. The molecule has 19 heavy (non-hydrogen) atoms. The highest BCUT2D eigenvalue weighted by molar-refractivity contribution is 9.10. The molecule has 98 valence electrons. The first kappa shape index (κ1) is 15.2. The zero-order chi connectivity index (χ0) is 12.7. The summed E-state index contributed by atoms with van der Waals surface area (Å²) in [7, 11) is 2.00. The average molecular weight is 468 g/mol. The van der Waals surface area contributed by atoms with E-state index in [9.17, 15) is 0 Å². The zero-order valence-electron chi connectivity index (χ0n) is 9.90. The SMILES string of the molecule is C[n+]1cc(Br)cc(-c2nc3ccc(Cl)cc3s2)c1.[I-]. The molecule has 0 bridgehead atoms. The first-order chi connectivity index (χ1) is 8.61. The molecule has 0 aliphatic rings. The zero-order valence-corrected chi connectivity index (χ0v) is 15.2. The van der Waals surface area contributed by atoms with Crippen LogP contribution in [0.15, 0.2) is 41.1 Å². The Hall–Kier alpha value is -0.240. The van der Waals surface area contributed by atoms with Crippen LogP contribution in [0, 0.1) is 0 Å². The normalized spacial score (nSPS) is 10.5. The third kappa shape index (κ3) is 3.26. The molecule has 3 aromatic rings. The Morgan fingerprint density at radius 1 is 1.26 bits per heavy atom. The summed E-state index contributed by atoms with van der Waals surface area (Å²) in [6.07, 6.45) is 4.07. The third-order valence-corrected chi connectivity index (χ3v) is 4.30. The Morgan fingerprint density at radius 2 is 2.05 bits per heavy atom. The lowest BCUT2D eigenvalue weighted by Crippen LogP contribution is -3.00. The first-order valence-corrected chi connectivity index (χ1v) is 7.33. The van der Waals surface area contributed by atoms with Gasteiger partial charge < -0.3 is 24.0 Å². The maximum atomic E-state index is 5.99. The van der Waals surface area contributed by atoms with Crippen molar-refractivity contribution >= 4 is 49.1 Å². The molecule has 2 heterocycles. The number of benzene rings is 1. The van der Waals surface area contributed by atoms with Gasteiger partial charge in [0.1, 0.15) is 12.1 Å². The molecule has 0 spiro atoms. The fourth-order valence-electron chi connectivity index (χ4n) is 1.81. The minimum absolute atomic E-state index is 0. The summed E-state index contributed by atoms with van der Waals surface area (Å²) in [6, 6.07) is 7.85. The van der Waals surface area contributed by atoms with Crippen LogP contribution in [0.4, 0.5) is 0 Å². The molecule has 0 unspecified atom stereocenters. The topological polar surface area (TPSA) is 16.8 Å². The van der Waals surface area contributed by atoms with Crippen molar-refractivity contribution in [3.8, 4) is 10.6 Å². The van der Waals surface area contributed by atoms with Crippen LogP contribution in [0.1, 0.15) is 0 Å². The fraction of sp³-hybridized carbons (Fsp3) is 0.0769. The summed E-state index contributed by atoms with van der Waals surface area (Å²) >= 11 is 11.1. The lowest BCUT2D eigenvalue weighted by atomic mass is 10.3. The van der Waals surface area contributed by atoms with E-state index in [1.165, 1.54) is 0 Å². The Bertz CT molecular complexity index is 724. The quantitative estimate of drug-likeness (QED) is 0.389. The highest BCUT2D eigenvalue weighted by atomic mass is 127. The van der Waals surface area contributed by atoms with E-state index in [0.717, 1.165) is 30.3 Å². The van der Waals surface area contributed by atoms with Gasteiger partial charge in [-0.25, -0.2) is 9.55 Å². The molecule has 6 heteroatoms. The molecule has 0 saturated heterocycles. The minimum atomic E-state index is 0. The maximum absolute atomic E-state index is 5.99. The summed E-state index contributed by atoms with van der Waals surface area (Å²) in [5.41, 5.74) is 2.09. The average Bonchev–Trinajstić information content (AvgIpc) is 2.70. The van der Waals surface area contributed by atoms with Gasteiger partial charge in [-0.2, -0.15) is 0 Å². The standard InChI is InChI=1S/C13H9BrClN2S.HI/c1-17-6-8(4-9(14)7-17)13-16-11-3-2-10(15)5-12(11)18-13;/h2-7H,1H3;1H/q+1;/p-1. The van der Waals surface area contributed by atoms with E-state index < -0.39 is 0 Å². The molecule has 0 aliphatic heterocycles. The van der Waals surface area contributed by atoms with Gasteiger partial charge in [0.15, 0.2) is 12.4 Å². The Balaban J connectivity index is 0.00000133. The number of rotatable bonds is 1. The van der Waals surface area contributed by atoms with Gasteiger partial charge in [-0.15, -0.1) is 11.3 Å². The van der Waals surface area contributed by atoms with Gasteiger partial charge in [0, 0.05) is 5.02 Å². The Labute approximate surface area is 145 Å². The van der Waals surface area contributed by atoms with Gasteiger partial charge in [0.05, 0.1) is 20.3 Å². The van der Waals surface area contributed by atoms with Crippen molar-refractivity contribution < 1.29 is 28.5 Å². The summed E-state index contributed by atoms with van der Waals surface area (Å²) in [5, 5.41) is 1.75. The van der Waals surface area contributed by atoms with Gasteiger partial charge in [0.25, 0.3) is 0 Å².